The summed E-state index contributed by atoms with van der Waals surface area (Å²) in [5, 5.41) is 6.60. The number of urea groups is 1. The lowest BCUT2D eigenvalue weighted by Crippen LogP contribution is -2.39. The molecule has 1 N–H and O–H groups in total. The predicted molar refractivity (Wildman–Crippen MR) is 86.3 cm³/mol. The van der Waals surface area contributed by atoms with Crippen molar-refractivity contribution >= 4 is 11.8 Å². The van der Waals surface area contributed by atoms with Gasteiger partial charge in [0.25, 0.3) is 0 Å². The third-order valence-electron chi connectivity index (χ3n) is 3.22. The van der Waals surface area contributed by atoms with Crippen LogP contribution >= 0.6 is 0 Å². The fourth-order valence-electron chi connectivity index (χ4n) is 1.98. The third kappa shape index (κ3) is 5.08. The van der Waals surface area contributed by atoms with E-state index in [9.17, 15) is 4.79 Å². The number of nitrogens with zero attached hydrogens (tertiary/aromatic N) is 2. The molecule has 0 aliphatic rings. The molecule has 7 heteroatoms. The van der Waals surface area contributed by atoms with E-state index in [-0.39, 0.29) is 6.03 Å². The molecule has 1 aromatic heterocycles. The molecular weight excluding hydrogens is 298 g/mol. The molecule has 1 heterocycles. The van der Waals surface area contributed by atoms with Crippen LogP contribution in [0.4, 0.5) is 10.6 Å². The summed E-state index contributed by atoms with van der Waals surface area (Å²) in [5.74, 6) is 0.968. The Morgan fingerprint density at radius 2 is 1.83 bits per heavy atom. The van der Waals surface area contributed by atoms with Crippen LogP contribution in [0.5, 0.6) is 0 Å². The van der Waals surface area contributed by atoms with E-state index in [4.69, 9.17) is 14.0 Å². The quantitative estimate of drug-likeness (QED) is 0.809. The molecule has 0 radical (unpaired) electrons. The molecule has 0 bridgehead atoms. The maximum Gasteiger partial charge on any atom is 0.323 e. The van der Waals surface area contributed by atoms with Crippen LogP contribution in [-0.2, 0) is 9.47 Å². The second-order valence-electron chi connectivity index (χ2n) is 4.85. The van der Waals surface area contributed by atoms with Gasteiger partial charge in [0.05, 0.1) is 13.2 Å². The molecule has 0 spiro atoms. The summed E-state index contributed by atoms with van der Waals surface area (Å²) in [6.45, 7) is 1.83. The Labute approximate surface area is 135 Å². The fraction of sp³-hybridized carbons (Fsp3) is 0.375. The highest BCUT2D eigenvalue weighted by molar-refractivity contribution is 5.88. The number of aromatic nitrogens is 1. The monoisotopic (exact) mass is 319 g/mol. The van der Waals surface area contributed by atoms with Gasteiger partial charge in [0, 0.05) is 38.9 Å². The summed E-state index contributed by atoms with van der Waals surface area (Å²) in [6, 6.07) is 11.0. The number of rotatable bonds is 8. The first-order chi connectivity index (χ1) is 11.2. The molecule has 0 fully saturated rings. The molecule has 0 atom stereocenters. The number of nitrogens with one attached hydrogen (secondary N) is 1. The van der Waals surface area contributed by atoms with Gasteiger partial charge in [0.2, 0.25) is 0 Å². The van der Waals surface area contributed by atoms with Crippen LogP contribution in [0.1, 0.15) is 0 Å². The Hall–Kier alpha value is -2.38. The van der Waals surface area contributed by atoms with Crippen molar-refractivity contribution in [1.29, 1.82) is 0 Å². The Bertz CT molecular complexity index is 592. The minimum atomic E-state index is -0.271. The predicted octanol–water partition coefficient (Wildman–Crippen LogP) is 2.47. The first-order valence-electron chi connectivity index (χ1n) is 7.30. The van der Waals surface area contributed by atoms with Crippen LogP contribution in [0.25, 0.3) is 11.3 Å². The average Bonchev–Trinajstić information content (AvgIpc) is 3.04. The molecule has 1 aromatic carbocycles. The summed E-state index contributed by atoms with van der Waals surface area (Å²) in [4.78, 5) is 13.9. The van der Waals surface area contributed by atoms with E-state index in [1.165, 1.54) is 0 Å². The number of methoxy groups -OCH3 is 2. The largest absolute Gasteiger partial charge is 0.383 e. The van der Waals surface area contributed by atoms with Crippen LogP contribution in [0, 0.1) is 0 Å². The van der Waals surface area contributed by atoms with Crippen LogP contribution in [0.3, 0.4) is 0 Å². The number of carbonyl (C=O) groups excluding carboxylic acids is 1. The van der Waals surface area contributed by atoms with Gasteiger partial charge in [-0.2, -0.15) is 0 Å². The Morgan fingerprint density at radius 3 is 2.43 bits per heavy atom. The molecule has 0 saturated heterocycles. The molecule has 2 amide bonds. The zero-order chi connectivity index (χ0) is 16.5. The first kappa shape index (κ1) is 17.0. The zero-order valence-corrected chi connectivity index (χ0v) is 13.3. The summed E-state index contributed by atoms with van der Waals surface area (Å²) in [6.07, 6.45) is 0. The van der Waals surface area contributed by atoms with E-state index >= 15 is 0 Å². The Kier molecular flexibility index (Phi) is 6.58. The summed E-state index contributed by atoms with van der Waals surface area (Å²) in [7, 11) is 3.19. The highest BCUT2D eigenvalue weighted by atomic mass is 16.5. The molecule has 0 saturated carbocycles. The van der Waals surface area contributed by atoms with Crippen molar-refractivity contribution in [3.05, 3.63) is 36.4 Å². The van der Waals surface area contributed by atoms with E-state index in [1.807, 2.05) is 30.3 Å². The number of hydrogen-bond donors (Lipinski definition) is 1. The molecule has 124 valence electrons. The Morgan fingerprint density at radius 1 is 1.17 bits per heavy atom. The van der Waals surface area contributed by atoms with E-state index in [1.54, 1.807) is 25.2 Å². The highest BCUT2D eigenvalue weighted by Gasteiger charge is 2.15. The Balaban J connectivity index is 1.99. The van der Waals surface area contributed by atoms with Gasteiger partial charge in [0.15, 0.2) is 11.6 Å². The van der Waals surface area contributed by atoms with E-state index < -0.39 is 0 Å². The molecule has 2 aromatic rings. The molecule has 0 aliphatic heterocycles. The van der Waals surface area contributed by atoms with Crippen molar-refractivity contribution in [2.75, 3.05) is 45.8 Å². The lowest BCUT2D eigenvalue weighted by atomic mass is 10.2. The lowest BCUT2D eigenvalue weighted by molar-refractivity contribution is 0.127. The van der Waals surface area contributed by atoms with Crippen molar-refractivity contribution in [3.8, 4) is 11.3 Å². The van der Waals surface area contributed by atoms with Gasteiger partial charge in [0.1, 0.15) is 0 Å². The second-order valence-corrected chi connectivity index (χ2v) is 4.85. The van der Waals surface area contributed by atoms with Crippen molar-refractivity contribution in [2.24, 2.45) is 0 Å². The standard InChI is InChI=1S/C16H21N3O4/c1-21-10-8-19(9-11-22-2)16(20)17-15-12-14(23-18-15)13-6-4-3-5-7-13/h3-7,12H,8-11H2,1-2H3,(H,17,18,20). The maximum atomic E-state index is 12.3. The second kappa shape index (κ2) is 8.92. The number of benzene rings is 1. The molecule has 7 nitrogen and oxygen atoms in total. The van der Waals surface area contributed by atoms with Crippen LogP contribution in [-0.4, -0.2) is 56.6 Å². The average molecular weight is 319 g/mol. The summed E-state index contributed by atoms with van der Waals surface area (Å²) < 4.78 is 15.3. The highest BCUT2D eigenvalue weighted by Crippen LogP contribution is 2.22. The molecule has 23 heavy (non-hydrogen) atoms. The lowest BCUT2D eigenvalue weighted by Gasteiger charge is -2.21. The topological polar surface area (TPSA) is 76.8 Å². The van der Waals surface area contributed by atoms with Gasteiger partial charge in [-0.3, -0.25) is 5.32 Å². The minimum absolute atomic E-state index is 0.271. The van der Waals surface area contributed by atoms with Crippen LogP contribution < -0.4 is 5.32 Å². The number of amides is 2. The van der Waals surface area contributed by atoms with Crippen LogP contribution in [0.15, 0.2) is 40.9 Å². The number of carbonyl (C=O) groups is 1. The smallest absolute Gasteiger partial charge is 0.323 e. The summed E-state index contributed by atoms with van der Waals surface area (Å²) >= 11 is 0. The normalized spacial score (nSPS) is 10.5. The molecule has 0 unspecified atom stereocenters. The van der Waals surface area contributed by atoms with Crippen molar-refractivity contribution in [1.82, 2.24) is 10.1 Å². The SMILES string of the molecule is COCCN(CCOC)C(=O)Nc1cc(-c2ccccc2)on1. The minimum Gasteiger partial charge on any atom is -0.383 e. The van der Waals surface area contributed by atoms with Crippen molar-refractivity contribution < 1.29 is 18.8 Å². The van der Waals surface area contributed by atoms with Gasteiger partial charge in [-0.15, -0.1) is 0 Å². The van der Waals surface area contributed by atoms with E-state index in [0.717, 1.165) is 5.56 Å². The van der Waals surface area contributed by atoms with E-state index in [2.05, 4.69) is 10.5 Å². The van der Waals surface area contributed by atoms with Crippen molar-refractivity contribution in [2.45, 2.75) is 0 Å². The molecule has 0 aliphatic carbocycles. The van der Waals surface area contributed by atoms with Crippen molar-refractivity contribution in [3.63, 3.8) is 0 Å². The van der Waals surface area contributed by atoms with Gasteiger partial charge in [-0.1, -0.05) is 35.5 Å². The summed E-state index contributed by atoms with van der Waals surface area (Å²) in [5.41, 5.74) is 0.899. The number of hydrogen-bond acceptors (Lipinski definition) is 5. The van der Waals surface area contributed by atoms with Gasteiger partial charge >= 0.3 is 6.03 Å². The van der Waals surface area contributed by atoms with Crippen LogP contribution in [0.2, 0.25) is 0 Å². The first-order valence-corrected chi connectivity index (χ1v) is 7.30. The molecule has 2 rings (SSSR count). The fourth-order valence-corrected chi connectivity index (χ4v) is 1.98. The number of anilines is 1. The van der Waals surface area contributed by atoms with Gasteiger partial charge < -0.3 is 18.9 Å². The van der Waals surface area contributed by atoms with E-state index in [0.29, 0.717) is 37.9 Å². The number of ether oxygens (including phenoxy) is 2. The maximum absolute atomic E-state index is 12.3. The van der Waals surface area contributed by atoms with Gasteiger partial charge in [-0.05, 0) is 0 Å². The molecular formula is C16H21N3O4. The van der Waals surface area contributed by atoms with Gasteiger partial charge in [-0.25, -0.2) is 4.79 Å². The third-order valence-corrected chi connectivity index (χ3v) is 3.22. The zero-order valence-electron chi connectivity index (χ0n) is 13.3.